The molecule has 2 aliphatic heterocycles. The molecule has 2 atom stereocenters. The van der Waals surface area contributed by atoms with Crippen LogP contribution in [0.2, 0.25) is 0 Å². The third-order valence-electron chi connectivity index (χ3n) is 3.79. The van der Waals surface area contributed by atoms with Gasteiger partial charge in [-0.25, -0.2) is 0 Å². The van der Waals surface area contributed by atoms with Gasteiger partial charge in [0.25, 0.3) is 0 Å². The Balaban J connectivity index is 1.64. The number of piperazine rings is 1. The Morgan fingerprint density at radius 1 is 1.47 bits per heavy atom. The molecule has 0 aromatic heterocycles. The van der Waals surface area contributed by atoms with E-state index in [1.54, 1.807) is 0 Å². The molecule has 0 amide bonds. The van der Waals surface area contributed by atoms with E-state index in [0.717, 1.165) is 25.3 Å². The van der Waals surface area contributed by atoms with Gasteiger partial charge in [0, 0.05) is 32.6 Å². The highest BCUT2D eigenvalue weighted by atomic mass is 16.5. The Morgan fingerprint density at radius 2 is 2.32 bits per heavy atom. The number of nitrogens with zero attached hydrogens (tertiary/aromatic N) is 1. The minimum atomic E-state index is -0.761. The summed E-state index contributed by atoms with van der Waals surface area (Å²) in [5, 5.41) is 12.4. The number of ether oxygens (including phenoxy) is 1. The van der Waals surface area contributed by atoms with Crippen LogP contribution < -0.4 is 10.1 Å². The summed E-state index contributed by atoms with van der Waals surface area (Å²) in [5.41, 5.74) is 1.22. The molecule has 1 aromatic carbocycles. The smallest absolute Gasteiger partial charge is 0.322 e. The fraction of sp³-hybridized carbons (Fsp3) is 0.500. The zero-order valence-electron chi connectivity index (χ0n) is 10.7. The summed E-state index contributed by atoms with van der Waals surface area (Å²) in [6.45, 7) is 2.78. The fourth-order valence-corrected chi connectivity index (χ4v) is 2.83. The predicted molar refractivity (Wildman–Crippen MR) is 70.4 cm³/mol. The second-order valence-electron chi connectivity index (χ2n) is 5.10. The molecule has 0 saturated carbocycles. The van der Waals surface area contributed by atoms with Crippen molar-refractivity contribution >= 4 is 5.97 Å². The average Bonchev–Trinajstić information content (AvgIpc) is 2.81. The van der Waals surface area contributed by atoms with Crippen LogP contribution in [0.5, 0.6) is 5.75 Å². The highest BCUT2D eigenvalue weighted by Crippen LogP contribution is 2.28. The largest absolute Gasteiger partial charge is 0.488 e. The normalized spacial score (nSPS) is 26.7. The van der Waals surface area contributed by atoms with Crippen molar-refractivity contribution in [3.8, 4) is 5.75 Å². The SMILES string of the molecule is O=C(O)C1CNCCN1CC1Cc2ccccc2O1. The van der Waals surface area contributed by atoms with Gasteiger partial charge in [-0.3, -0.25) is 9.69 Å². The molecule has 0 radical (unpaired) electrons. The van der Waals surface area contributed by atoms with Crippen molar-refractivity contribution in [3.05, 3.63) is 29.8 Å². The first-order valence-electron chi connectivity index (χ1n) is 6.66. The fourth-order valence-electron chi connectivity index (χ4n) is 2.83. The monoisotopic (exact) mass is 262 g/mol. The van der Waals surface area contributed by atoms with E-state index in [1.807, 2.05) is 23.1 Å². The van der Waals surface area contributed by atoms with E-state index >= 15 is 0 Å². The number of fused-ring (bicyclic) bond motifs is 1. The molecule has 0 bridgehead atoms. The van der Waals surface area contributed by atoms with Gasteiger partial charge in [-0.15, -0.1) is 0 Å². The van der Waals surface area contributed by atoms with Gasteiger partial charge in [0.15, 0.2) is 0 Å². The van der Waals surface area contributed by atoms with Crippen molar-refractivity contribution in [2.75, 3.05) is 26.2 Å². The van der Waals surface area contributed by atoms with Crippen LogP contribution in [0, 0.1) is 0 Å². The van der Waals surface area contributed by atoms with Crippen molar-refractivity contribution in [1.29, 1.82) is 0 Å². The molecule has 5 nitrogen and oxygen atoms in total. The number of carboxylic acid groups (broad SMARTS) is 1. The van der Waals surface area contributed by atoms with Crippen molar-refractivity contribution in [2.24, 2.45) is 0 Å². The van der Waals surface area contributed by atoms with Crippen LogP contribution >= 0.6 is 0 Å². The lowest BCUT2D eigenvalue weighted by atomic mass is 10.1. The minimum Gasteiger partial charge on any atom is -0.488 e. The van der Waals surface area contributed by atoms with Crippen molar-refractivity contribution < 1.29 is 14.6 Å². The molecule has 1 fully saturated rings. The molecule has 1 aromatic rings. The summed E-state index contributed by atoms with van der Waals surface area (Å²) >= 11 is 0. The number of carbonyl (C=O) groups is 1. The third-order valence-corrected chi connectivity index (χ3v) is 3.79. The van der Waals surface area contributed by atoms with E-state index < -0.39 is 12.0 Å². The maximum Gasteiger partial charge on any atom is 0.322 e. The van der Waals surface area contributed by atoms with E-state index in [0.29, 0.717) is 13.1 Å². The average molecular weight is 262 g/mol. The second kappa shape index (κ2) is 5.19. The first-order valence-corrected chi connectivity index (χ1v) is 6.66. The Bertz CT molecular complexity index is 453. The van der Waals surface area contributed by atoms with Gasteiger partial charge in [0.05, 0.1) is 0 Å². The van der Waals surface area contributed by atoms with Crippen LogP contribution in [0.4, 0.5) is 0 Å². The number of carboxylic acids is 1. The molecule has 2 unspecified atom stereocenters. The first kappa shape index (κ1) is 12.4. The van der Waals surface area contributed by atoms with Gasteiger partial charge in [0.1, 0.15) is 17.9 Å². The molecule has 19 heavy (non-hydrogen) atoms. The Morgan fingerprint density at radius 3 is 3.11 bits per heavy atom. The molecule has 5 heteroatoms. The standard InChI is InChI=1S/C14H18N2O3/c17-14(18)12-8-15-5-6-16(12)9-11-7-10-3-1-2-4-13(10)19-11/h1-4,11-12,15H,5-9H2,(H,17,18). The van der Waals surface area contributed by atoms with Crippen LogP contribution in [-0.4, -0.2) is 54.3 Å². The van der Waals surface area contributed by atoms with Gasteiger partial charge in [-0.2, -0.15) is 0 Å². The molecule has 0 spiro atoms. The quantitative estimate of drug-likeness (QED) is 0.823. The molecular weight excluding hydrogens is 244 g/mol. The molecule has 102 valence electrons. The van der Waals surface area contributed by atoms with Gasteiger partial charge in [-0.1, -0.05) is 18.2 Å². The Kier molecular flexibility index (Phi) is 3.40. The van der Waals surface area contributed by atoms with Gasteiger partial charge in [-0.05, 0) is 11.6 Å². The van der Waals surface area contributed by atoms with Crippen LogP contribution in [0.15, 0.2) is 24.3 Å². The summed E-state index contributed by atoms with van der Waals surface area (Å²) in [5.74, 6) is 0.178. The summed E-state index contributed by atoms with van der Waals surface area (Å²) in [4.78, 5) is 13.2. The predicted octanol–water partition coefficient (Wildman–Crippen LogP) is 0.349. The molecule has 1 saturated heterocycles. The van der Waals surface area contributed by atoms with E-state index in [-0.39, 0.29) is 6.10 Å². The summed E-state index contributed by atoms with van der Waals surface area (Å²) in [6, 6.07) is 7.58. The number of para-hydroxylation sites is 1. The maximum absolute atomic E-state index is 11.2. The van der Waals surface area contributed by atoms with Crippen molar-refractivity contribution in [1.82, 2.24) is 10.2 Å². The molecule has 2 N–H and O–H groups in total. The lowest BCUT2D eigenvalue weighted by molar-refractivity contribution is -0.144. The van der Waals surface area contributed by atoms with Crippen LogP contribution in [-0.2, 0) is 11.2 Å². The summed E-state index contributed by atoms with van der Waals surface area (Å²) in [6.07, 6.45) is 0.934. The van der Waals surface area contributed by atoms with Gasteiger partial charge in [0.2, 0.25) is 0 Å². The molecular formula is C14H18N2O3. The highest BCUT2D eigenvalue weighted by Gasteiger charge is 2.32. The molecule has 0 aliphatic carbocycles. The van der Waals surface area contributed by atoms with Gasteiger partial charge >= 0.3 is 5.97 Å². The molecule has 2 heterocycles. The lowest BCUT2D eigenvalue weighted by Gasteiger charge is -2.34. The molecule has 2 aliphatic rings. The van der Waals surface area contributed by atoms with Crippen LogP contribution in [0.25, 0.3) is 0 Å². The summed E-state index contributed by atoms with van der Waals surface area (Å²) < 4.78 is 5.88. The third kappa shape index (κ3) is 2.57. The second-order valence-corrected chi connectivity index (χ2v) is 5.10. The van der Waals surface area contributed by atoms with E-state index in [2.05, 4.69) is 11.4 Å². The highest BCUT2D eigenvalue weighted by molar-refractivity contribution is 5.74. The van der Waals surface area contributed by atoms with E-state index in [1.165, 1.54) is 5.56 Å². The number of hydrogen-bond donors (Lipinski definition) is 2. The van der Waals surface area contributed by atoms with Crippen LogP contribution in [0.1, 0.15) is 5.56 Å². The molecule has 3 rings (SSSR count). The van der Waals surface area contributed by atoms with Crippen LogP contribution in [0.3, 0.4) is 0 Å². The lowest BCUT2D eigenvalue weighted by Crippen LogP contribution is -2.56. The number of benzene rings is 1. The Labute approximate surface area is 112 Å². The van der Waals surface area contributed by atoms with Gasteiger partial charge < -0.3 is 15.2 Å². The zero-order valence-corrected chi connectivity index (χ0v) is 10.7. The number of rotatable bonds is 3. The van der Waals surface area contributed by atoms with Crippen molar-refractivity contribution in [2.45, 2.75) is 18.6 Å². The zero-order chi connectivity index (χ0) is 13.2. The minimum absolute atomic E-state index is 0.0670. The summed E-state index contributed by atoms with van der Waals surface area (Å²) in [7, 11) is 0. The first-order chi connectivity index (χ1) is 9.24. The number of hydrogen-bond acceptors (Lipinski definition) is 4. The van der Waals surface area contributed by atoms with E-state index in [9.17, 15) is 9.90 Å². The number of nitrogens with one attached hydrogen (secondary N) is 1. The maximum atomic E-state index is 11.2. The number of aliphatic carboxylic acids is 1. The van der Waals surface area contributed by atoms with E-state index in [4.69, 9.17) is 4.74 Å². The van der Waals surface area contributed by atoms with Crippen molar-refractivity contribution in [3.63, 3.8) is 0 Å². The topological polar surface area (TPSA) is 61.8 Å². The Hall–Kier alpha value is -1.59.